The van der Waals surface area contributed by atoms with Gasteiger partial charge in [-0.25, -0.2) is 4.68 Å². The Morgan fingerprint density at radius 1 is 1.36 bits per heavy atom. The highest BCUT2D eigenvalue weighted by atomic mass is 35.5. The molecule has 6 heteroatoms. The number of fused-ring (bicyclic) bond motifs is 1. The predicted octanol–water partition coefficient (Wildman–Crippen LogP) is 3.46. The number of aromatic nitrogens is 2. The number of rotatable bonds is 4. The predicted molar refractivity (Wildman–Crippen MR) is 98.9 cm³/mol. The molecule has 1 amide bonds. The van der Waals surface area contributed by atoms with Crippen molar-refractivity contribution in [3.63, 3.8) is 0 Å². The van der Waals surface area contributed by atoms with Crippen LogP contribution in [-0.2, 0) is 23.3 Å². The molecule has 1 aromatic carbocycles. The zero-order valence-electron chi connectivity index (χ0n) is 14.4. The van der Waals surface area contributed by atoms with Crippen molar-refractivity contribution >= 4 is 23.3 Å². The maximum atomic E-state index is 11.5. The van der Waals surface area contributed by atoms with E-state index in [1.54, 1.807) is 6.92 Å². The molecule has 2 aliphatic rings. The molecular formula is C19H23ClN4O. The van der Waals surface area contributed by atoms with Gasteiger partial charge in [-0.2, -0.15) is 5.10 Å². The molecule has 0 atom stereocenters. The number of nitrogens with one attached hydrogen (secondary N) is 2. The maximum absolute atomic E-state index is 11.5. The summed E-state index contributed by atoms with van der Waals surface area (Å²) >= 11 is 6.56. The molecule has 25 heavy (non-hydrogen) atoms. The van der Waals surface area contributed by atoms with E-state index >= 15 is 0 Å². The molecule has 4 rings (SSSR count). The number of carbonyl (C=O) groups is 1. The molecule has 5 nitrogen and oxygen atoms in total. The molecule has 1 aliphatic carbocycles. The fraction of sp³-hybridized carbons (Fsp3) is 0.474. The Balaban J connectivity index is 1.84. The van der Waals surface area contributed by atoms with Crippen LogP contribution in [-0.4, -0.2) is 22.2 Å². The van der Waals surface area contributed by atoms with E-state index in [9.17, 15) is 4.79 Å². The van der Waals surface area contributed by atoms with Crippen LogP contribution in [0.2, 0.25) is 5.02 Å². The van der Waals surface area contributed by atoms with E-state index in [4.69, 9.17) is 16.7 Å². The fourth-order valence-corrected chi connectivity index (χ4v) is 4.39. The van der Waals surface area contributed by atoms with Crippen molar-refractivity contribution in [2.45, 2.75) is 51.1 Å². The van der Waals surface area contributed by atoms with E-state index < -0.39 is 0 Å². The Labute approximate surface area is 152 Å². The zero-order chi connectivity index (χ0) is 17.4. The number of amides is 1. The van der Waals surface area contributed by atoms with Gasteiger partial charge >= 0.3 is 0 Å². The van der Waals surface area contributed by atoms with Crippen molar-refractivity contribution in [1.82, 2.24) is 15.1 Å². The first kappa shape index (κ1) is 16.5. The molecule has 2 heterocycles. The van der Waals surface area contributed by atoms with Crippen LogP contribution in [0.1, 0.15) is 49.4 Å². The smallest absolute Gasteiger partial charge is 0.217 e. The van der Waals surface area contributed by atoms with Gasteiger partial charge in [0.1, 0.15) is 5.82 Å². The van der Waals surface area contributed by atoms with E-state index in [0.717, 1.165) is 60.0 Å². The molecular weight excluding hydrogens is 336 g/mol. The molecule has 0 spiro atoms. The summed E-state index contributed by atoms with van der Waals surface area (Å²) in [5.41, 5.74) is 3.19. The van der Waals surface area contributed by atoms with E-state index in [2.05, 4.69) is 21.4 Å². The molecule has 2 N–H and O–H groups in total. The van der Waals surface area contributed by atoms with Crippen LogP contribution in [0.3, 0.4) is 0 Å². The van der Waals surface area contributed by atoms with Gasteiger partial charge in [-0.05, 0) is 30.9 Å². The number of anilines is 1. The summed E-state index contributed by atoms with van der Waals surface area (Å²) in [6.07, 6.45) is 4.31. The van der Waals surface area contributed by atoms with Crippen LogP contribution in [0.4, 0.5) is 5.82 Å². The number of carbonyl (C=O) groups excluding carboxylic acids is 1. The first-order valence-electron chi connectivity index (χ1n) is 8.95. The van der Waals surface area contributed by atoms with Gasteiger partial charge < -0.3 is 10.6 Å². The second-order valence-electron chi connectivity index (χ2n) is 7.00. The minimum absolute atomic E-state index is 0.0258. The number of aryl methyl sites for hydroxylation is 1. The summed E-state index contributed by atoms with van der Waals surface area (Å²) in [5, 5.41) is 12.2. The third-order valence-electron chi connectivity index (χ3n) is 5.45. The third-order valence-corrected chi connectivity index (χ3v) is 5.78. The van der Waals surface area contributed by atoms with Crippen molar-refractivity contribution in [1.29, 1.82) is 0 Å². The number of benzene rings is 1. The number of hydrogen-bond acceptors (Lipinski definition) is 3. The van der Waals surface area contributed by atoms with Crippen molar-refractivity contribution < 1.29 is 4.79 Å². The Kier molecular flexibility index (Phi) is 4.20. The molecule has 0 saturated heterocycles. The molecule has 1 aliphatic heterocycles. The highest BCUT2D eigenvalue weighted by Crippen LogP contribution is 2.52. The lowest BCUT2D eigenvalue weighted by atomic mass is 9.61. The number of nitrogens with zero attached hydrogens (tertiary/aromatic N) is 2. The Morgan fingerprint density at radius 2 is 2.16 bits per heavy atom. The summed E-state index contributed by atoms with van der Waals surface area (Å²) in [5.74, 6) is 1.02. The lowest BCUT2D eigenvalue weighted by molar-refractivity contribution is -0.119. The first-order valence-corrected chi connectivity index (χ1v) is 9.33. The topological polar surface area (TPSA) is 59.0 Å². The summed E-state index contributed by atoms with van der Waals surface area (Å²) in [7, 11) is 0. The average Bonchev–Trinajstić information content (AvgIpc) is 2.92. The summed E-state index contributed by atoms with van der Waals surface area (Å²) in [4.78, 5) is 11.5. The normalized spacial score (nSPS) is 18.0. The minimum atomic E-state index is -0.141. The lowest BCUT2D eigenvalue weighted by Crippen LogP contribution is -2.38. The molecule has 0 unspecified atom stereocenters. The van der Waals surface area contributed by atoms with E-state index in [1.165, 1.54) is 6.42 Å². The Hall–Kier alpha value is -2.01. The van der Waals surface area contributed by atoms with Crippen LogP contribution >= 0.6 is 11.6 Å². The third kappa shape index (κ3) is 2.71. The Bertz CT molecular complexity index is 810. The largest absolute Gasteiger partial charge is 0.370 e. The molecule has 132 valence electrons. The molecule has 1 saturated carbocycles. The summed E-state index contributed by atoms with van der Waals surface area (Å²) in [6, 6.07) is 8.09. The fourth-order valence-electron chi connectivity index (χ4n) is 4.07. The van der Waals surface area contributed by atoms with Gasteiger partial charge in [0.25, 0.3) is 0 Å². The standard InChI is InChI=1S/C19H23ClN4O/c1-13(25)22-12-14-17(23-24-11-5-10-21-18(14)24)19(8-4-9-19)15-6-2-3-7-16(15)20/h2-3,6-7,21H,4-5,8-12H2,1H3,(H,22,25). The highest BCUT2D eigenvalue weighted by molar-refractivity contribution is 6.31. The van der Waals surface area contributed by atoms with Crippen molar-refractivity contribution in [3.8, 4) is 0 Å². The number of halogens is 1. The second kappa shape index (κ2) is 6.37. The minimum Gasteiger partial charge on any atom is -0.370 e. The van der Waals surface area contributed by atoms with Crippen LogP contribution < -0.4 is 10.6 Å². The first-order chi connectivity index (χ1) is 12.1. The van der Waals surface area contributed by atoms with Gasteiger partial charge in [-0.3, -0.25) is 4.79 Å². The molecule has 1 aromatic heterocycles. The zero-order valence-corrected chi connectivity index (χ0v) is 15.2. The second-order valence-corrected chi connectivity index (χ2v) is 7.41. The monoisotopic (exact) mass is 358 g/mol. The summed E-state index contributed by atoms with van der Waals surface area (Å²) in [6.45, 7) is 3.90. The lowest BCUT2D eigenvalue weighted by Gasteiger charge is -2.42. The quantitative estimate of drug-likeness (QED) is 0.880. The molecule has 0 radical (unpaired) electrons. The van der Waals surface area contributed by atoms with Gasteiger partial charge in [-0.1, -0.05) is 36.2 Å². The van der Waals surface area contributed by atoms with Crippen LogP contribution in [0.25, 0.3) is 0 Å². The van der Waals surface area contributed by atoms with Crippen LogP contribution in [0, 0.1) is 0 Å². The van der Waals surface area contributed by atoms with Crippen molar-refractivity contribution in [2.75, 3.05) is 11.9 Å². The summed E-state index contributed by atoms with van der Waals surface area (Å²) < 4.78 is 2.06. The van der Waals surface area contributed by atoms with Crippen molar-refractivity contribution in [3.05, 3.63) is 46.1 Å². The Morgan fingerprint density at radius 3 is 2.84 bits per heavy atom. The van der Waals surface area contributed by atoms with Crippen LogP contribution in [0.15, 0.2) is 24.3 Å². The van der Waals surface area contributed by atoms with Gasteiger partial charge in [0.05, 0.1) is 5.69 Å². The van der Waals surface area contributed by atoms with Gasteiger partial charge in [0.2, 0.25) is 5.91 Å². The van der Waals surface area contributed by atoms with E-state index in [0.29, 0.717) is 6.54 Å². The van der Waals surface area contributed by atoms with Gasteiger partial charge in [0.15, 0.2) is 0 Å². The molecule has 1 fully saturated rings. The number of hydrogen-bond donors (Lipinski definition) is 2. The van der Waals surface area contributed by atoms with E-state index in [-0.39, 0.29) is 11.3 Å². The van der Waals surface area contributed by atoms with Gasteiger partial charge in [-0.15, -0.1) is 0 Å². The van der Waals surface area contributed by atoms with Gasteiger partial charge in [0, 0.05) is 42.6 Å². The van der Waals surface area contributed by atoms with Crippen LogP contribution in [0.5, 0.6) is 0 Å². The van der Waals surface area contributed by atoms with E-state index in [1.807, 2.05) is 18.2 Å². The molecule has 2 aromatic rings. The maximum Gasteiger partial charge on any atom is 0.217 e. The van der Waals surface area contributed by atoms with Crippen molar-refractivity contribution in [2.24, 2.45) is 0 Å². The molecule has 0 bridgehead atoms. The SMILES string of the molecule is CC(=O)NCc1c(C2(c3ccccc3Cl)CCC2)nn2c1NCCC2. The average molecular weight is 359 g/mol. The highest BCUT2D eigenvalue weighted by Gasteiger charge is 2.46.